The first-order valence-corrected chi connectivity index (χ1v) is 7.94. The van der Waals surface area contributed by atoms with Crippen molar-refractivity contribution in [3.8, 4) is 5.69 Å². The number of hydrogen-bond acceptors (Lipinski definition) is 6. The number of carbonyl (C=O) groups is 1. The van der Waals surface area contributed by atoms with Crippen LogP contribution < -0.4 is 5.73 Å². The van der Waals surface area contributed by atoms with E-state index in [2.05, 4.69) is 15.2 Å². The molecule has 25 heavy (non-hydrogen) atoms. The number of aromatic nitrogens is 4. The molecule has 0 unspecified atom stereocenters. The monoisotopic (exact) mass is 359 g/mol. The lowest BCUT2D eigenvalue weighted by Crippen LogP contribution is -2.34. The molecule has 1 aliphatic carbocycles. The number of nitrogens with zero attached hydrogens (tertiary/aromatic N) is 4. The van der Waals surface area contributed by atoms with E-state index in [-0.39, 0.29) is 24.1 Å². The molecule has 1 aliphatic rings. The number of carbonyl (C=O) groups excluding carboxylic acids is 1. The molecule has 2 N–H and O–H groups in total. The summed E-state index contributed by atoms with van der Waals surface area (Å²) in [6.45, 7) is 0. The highest BCUT2D eigenvalue weighted by Crippen LogP contribution is 2.34. The predicted octanol–water partition coefficient (Wildman–Crippen LogP) is 2.64. The Morgan fingerprint density at radius 3 is 2.64 bits per heavy atom. The third-order valence-electron chi connectivity index (χ3n) is 4.43. The van der Waals surface area contributed by atoms with Gasteiger partial charge in [-0.3, -0.25) is 4.79 Å². The molecule has 0 spiro atoms. The van der Waals surface area contributed by atoms with Gasteiger partial charge < -0.3 is 10.3 Å². The summed E-state index contributed by atoms with van der Waals surface area (Å²) in [7, 11) is 0. The van der Waals surface area contributed by atoms with Crippen LogP contribution in [-0.4, -0.2) is 25.7 Å². The summed E-state index contributed by atoms with van der Waals surface area (Å²) < 4.78 is 6.78. The van der Waals surface area contributed by atoms with Gasteiger partial charge in [-0.25, -0.2) is 4.68 Å². The second kappa shape index (κ2) is 6.78. The van der Waals surface area contributed by atoms with Crippen LogP contribution in [0.3, 0.4) is 0 Å². The molecule has 3 aromatic rings. The maximum atomic E-state index is 12.5. The highest BCUT2D eigenvalue weighted by Gasteiger charge is 2.36. The fourth-order valence-corrected chi connectivity index (χ4v) is 3.03. The average molecular weight is 360 g/mol. The second-order valence-electron chi connectivity index (χ2n) is 6.12. The zero-order valence-corrected chi connectivity index (χ0v) is 14.3. The number of halogens is 1. The molecule has 7 nitrogen and oxygen atoms in total. The standard InChI is InChI=1S/C17H17N5O2.ClH/c18-17(8-4-5-9-17)16-20-15(24-21-16)14(23)12-10-19-22(11-12)13-6-2-1-3-7-13;/h1-3,6-7,10-11H,4-5,8-9,18H2;1H. The molecule has 1 aromatic carbocycles. The number of nitrogens with two attached hydrogens (primary N) is 1. The van der Waals surface area contributed by atoms with E-state index in [0.717, 1.165) is 31.4 Å². The van der Waals surface area contributed by atoms with Gasteiger partial charge in [0.2, 0.25) is 0 Å². The van der Waals surface area contributed by atoms with Crippen molar-refractivity contribution in [1.82, 2.24) is 19.9 Å². The van der Waals surface area contributed by atoms with Crippen LogP contribution in [0.5, 0.6) is 0 Å². The van der Waals surface area contributed by atoms with Gasteiger partial charge in [-0.05, 0) is 25.0 Å². The summed E-state index contributed by atoms with van der Waals surface area (Å²) in [6.07, 6.45) is 6.84. The number of rotatable bonds is 4. The SMILES string of the molecule is Cl.NC1(c2noc(C(=O)c3cnn(-c4ccccc4)c3)n2)CCCC1. The summed E-state index contributed by atoms with van der Waals surface area (Å²) in [6, 6.07) is 9.55. The van der Waals surface area contributed by atoms with Crippen molar-refractivity contribution < 1.29 is 9.32 Å². The van der Waals surface area contributed by atoms with E-state index in [1.165, 1.54) is 6.20 Å². The number of hydrogen-bond donors (Lipinski definition) is 1. The van der Waals surface area contributed by atoms with E-state index in [1.807, 2.05) is 30.3 Å². The zero-order chi connectivity index (χ0) is 16.6. The predicted molar refractivity (Wildman–Crippen MR) is 92.9 cm³/mol. The highest BCUT2D eigenvalue weighted by molar-refractivity contribution is 6.05. The van der Waals surface area contributed by atoms with Crippen LogP contribution in [-0.2, 0) is 5.54 Å². The largest absolute Gasteiger partial charge is 0.330 e. The lowest BCUT2D eigenvalue weighted by atomic mass is 9.99. The third-order valence-corrected chi connectivity index (χ3v) is 4.43. The molecule has 8 heteroatoms. The Morgan fingerprint density at radius 1 is 1.20 bits per heavy atom. The Balaban J connectivity index is 0.00000182. The molecule has 0 radical (unpaired) electrons. The van der Waals surface area contributed by atoms with E-state index in [1.54, 1.807) is 10.9 Å². The lowest BCUT2D eigenvalue weighted by Gasteiger charge is -2.17. The molecule has 0 aliphatic heterocycles. The first-order valence-electron chi connectivity index (χ1n) is 7.94. The Morgan fingerprint density at radius 2 is 1.92 bits per heavy atom. The van der Waals surface area contributed by atoms with Gasteiger partial charge in [-0.2, -0.15) is 10.1 Å². The van der Waals surface area contributed by atoms with E-state index in [9.17, 15) is 4.79 Å². The minimum atomic E-state index is -0.573. The van der Waals surface area contributed by atoms with Gasteiger partial charge in [-0.15, -0.1) is 12.4 Å². The quantitative estimate of drug-likeness (QED) is 0.719. The first kappa shape index (κ1) is 17.3. The van der Waals surface area contributed by atoms with Gasteiger partial charge in [0.05, 0.1) is 23.0 Å². The van der Waals surface area contributed by atoms with Crippen LogP contribution in [0, 0.1) is 0 Å². The Labute approximate surface area is 150 Å². The molecule has 4 rings (SSSR count). The summed E-state index contributed by atoms with van der Waals surface area (Å²) in [4.78, 5) is 16.8. The van der Waals surface area contributed by atoms with Gasteiger partial charge >= 0.3 is 0 Å². The molecule has 0 saturated heterocycles. The average Bonchev–Trinajstić information content (AvgIpc) is 3.35. The van der Waals surface area contributed by atoms with E-state index in [4.69, 9.17) is 10.3 Å². The Bertz CT molecular complexity index is 868. The van der Waals surface area contributed by atoms with Crippen molar-refractivity contribution >= 4 is 18.2 Å². The molecule has 0 atom stereocenters. The second-order valence-corrected chi connectivity index (χ2v) is 6.12. The van der Waals surface area contributed by atoms with Crippen molar-refractivity contribution in [1.29, 1.82) is 0 Å². The smallest absolute Gasteiger partial charge is 0.299 e. The van der Waals surface area contributed by atoms with Gasteiger partial charge in [-0.1, -0.05) is 36.2 Å². The minimum Gasteiger partial charge on any atom is -0.330 e. The summed E-state index contributed by atoms with van der Waals surface area (Å²) >= 11 is 0. The van der Waals surface area contributed by atoms with E-state index < -0.39 is 5.54 Å². The fourth-order valence-electron chi connectivity index (χ4n) is 3.03. The van der Waals surface area contributed by atoms with Crippen LogP contribution in [0.15, 0.2) is 47.2 Å². The Kier molecular flexibility index (Phi) is 4.69. The third kappa shape index (κ3) is 3.20. The van der Waals surface area contributed by atoms with E-state index in [0.29, 0.717) is 11.4 Å². The molecule has 1 fully saturated rings. The maximum Gasteiger partial charge on any atom is 0.299 e. The van der Waals surface area contributed by atoms with Crippen LogP contribution in [0.4, 0.5) is 0 Å². The van der Waals surface area contributed by atoms with Crippen molar-refractivity contribution in [3.05, 3.63) is 60.0 Å². The highest BCUT2D eigenvalue weighted by atomic mass is 35.5. The summed E-state index contributed by atoms with van der Waals surface area (Å²) in [5.74, 6) is 0.0191. The molecular formula is C17H18ClN5O2. The minimum absolute atomic E-state index is 0. The molecule has 130 valence electrons. The van der Waals surface area contributed by atoms with Crippen molar-refractivity contribution in [3.63, 3.8) is 0 Å². The molecule has 2 heterocycles. The topological polar surface area (TPSA) is 99.8 Å². The number of para-hydroxylation sites is 1. The van der Waals surface area contributed by atoms with Crippen LogP contribution in [0.2, 0.25) is 0 Å². The first-order chi connectivity index (χ1) is 11.7. The summed E-state index contributed by atoms with van der Waals surface area (Å²) in [5.41, 5.74) is 6.99. The molecule has 0 amide bonds. The van der Waals surface area contributed by atoms with Crippen molar-refractivity contribution in [2.45, 2.75) is 31.2 Å². The molecule has 2 aromatic heterocycles. The Hall–Kier alpha value is -2.51. The zero-order valence-electron chi connectivity index (χ0n) is 13.5. The van der Waals surface area contributed by atoms with Crippen LogP contribution >= 0.6 is 12.4 Å². The normalized spacial score (nSPS) is 15.7. The molecule has 1 saturated carbocycles. The number of benzene rings is 1. The molecule has 0 bridgehead atoms. The van der Waals surface area contributed by atoms with Gasteiger partial charge in [0.25, 0.3) is 11.7 Å². The molecular weight excluding hydrogens is 342 g/mol. The maximum absolute atomic E-state index is 12.5. The van der Waals surface area contributed by atoms with Gasteiger partial charge in [0.15, 0.2) is 5.82 Å². The van der Waals surface area contributed by atoms with Crippen LogP contribution in [0.25, 0.3) is 5.69 Å². The van der Waals surface area contributed by atoms with E-state index >= 15 is 0 Å². The summed E-state index contributed by atoms with van der Waals surface area (Å²) in [5, 5.41) is 8.13. The van der Waals surface area contributed by atoms with Crippen molar-refractivity contribution in [2.75, 3.05) is 0 Å². The number of ketones is 1. The fraction of sp³-hybridized carbons (Fsp3) is 0.294. The lowest BCUT2D eigenvalue weighted by molar-refractivity contribution is 0.0994. The van der Waals surface area contributed by atoms with Crippen LogP contribution in [0.1, 0.15) is 47.8 Å². The van der Waals surface area contributed by atoms with Crippen molar-refractivity contribution in [2.24, 2.45) is 5.73 Å². The van der Waals surface area contributed by atoms with Gasteiger partial charge in [0, 0.05) is 6.20 Å². The van der Waals surface area contributed by atoms with Gasteiger partial charge in [0.1, 0.15) is 0 Å².